The number of carbonyl (C=O) groups excluding carboxylic acids is 1. The van der Waals surface area contributed by atoms with Gasteiger partial charge < -0.3 is 9.88 Å². The number of nitrogens with one attached hydrogen (secondary N) is 1. The van der Waals surface area contributed by atoms with Gasteiger partial charge in [0.25, 0.3) is 0 Å². The van der Waals surface area contributed by atoms with Gasteiger partial charge in [0.1, 0.15) is 11.5 Å². The van der Waals surface area contributed by atoms with Crippen molar-refractivity contribution in [1.29, 1.82) is 0 Å². The number of imidazole rings is 1. The Kier molecular flexibility index (Phi) is 6.30. The predicted molar refractivity (Wildman–Crippen MR) is 137 cm³/mol. The molecule has 0 saturated heterocycles. The molecule has 0 aliphatic rings. The van der Waals surface area contributed by atoms with Crippen molar-refractivity contribution in [3.05, 3.63) is 121 Å². The molecule has 3 aromatic heterocycles. The Morgan fingerprint density at radius 3 is 2.54 bits per heavy atom. The zero-order valence-corrected chi connectivity index (χ0v) is 19.2. The molecule has 0 unspecified atom stereocenters. The lowest BCUT2D eigenvalue weighted by Gasteiger charge is -2.07. The third-order valence-electron chi connectivity index (χ3n) is 5.61. The van der Waals surface area contributed by atoms with Crippen LogP contribution in [0.2, 0.25) is 0 Å². The van der Waals surface area contributed by atoms with Crippen LogP contribution in [0.4, 0.5) is 5.69 Å². The fourth-order valence-electron chi connectivity index (χ4n) is 3.76. The molecule has 0 radical (unpaired) electrons. The number of aromatic nitrogens is 5. The standard InChI is InChI=1S/C28H24N6O/c1-21-30-16-17-33(21)19-22-9-12-25(13-10-22)31-27(35)14-11-24-20-34(26-7-3-2-4-8-26)32-28(24)23-6-5-15-29-18-23/h2-18,20H,19H2,1H3,(H,31,35)/b14-11+. The van der Waals surface area contributed by atoms with Gasteiger partial charge in [0.05, 0.1) is 5.69 Å². The fraction of sp³-hybridized carbons (Fsp3) is 0.0714. The van der Waals surface area contributed by atoms with E-state index in [1.54, 1.807) is 29.3 Å². The van der Waals surface area contributed by atoms with E-state index in [0.29, 0.717) is 0 Å². The van der Waals surface area contributed by atoms with Crippen LogP contribution in [0.3, 0.4) is 0 Å². The van der Waals surface area contributed by atoms with Gasteiger partial charge in [-0.1, -0.05) is 30.3 Å². The first-order valence-electron chi connectivity index (χ1n) is 11.3. The lowest BCUT2D eigenvalue weighted by atomic mass is 10.1. The summed E-state index contributed by atoms with van der Waals surface area (Å²) in [6, 6.07) is 21.5. The van der Waals surface area contributed by atoms with Crippen LogP contribution in [-0.2, 0) is 11.3 Å². The minimum absolute atomic E-state index is 0.215. The second-order valence-corrected chi connectivity index (χ2v) is 8.08. The molecule has 2 aromatic carbocycles. The van der Waals surface area contributed by atoms with Crippen molar-refractivity contribution < 1.29 is 4.79 Å². The molecule has 7 heteroatoms. The molecule has 0 aliphatic heterocycles. The van der Waals surface area contributed by atoms with E-state index in [2.05, 4.69) is 19.9 Å². The van der Waals surface area contributed by atoms with Gasteiger partial charge in [-0.05, 0) is 55.0 Å². The van der Waals surface area contributed by atoms with Gasteiger partial charge in [-0.25, -0.2) is 9.67 Å². The summed E-state index contributed by atoms with van der Waals surface area (Å²) in [4.78, 5) is 21.1. The van der Waals surface area contributed by atoms with E-state index >= 15 is 0 Å². The molecule has 0 atom stereocenters. The van der Waals surface area contributed by atoms with Crippen LogP contribution in [-0.4, -0.2) is 30.2 Å². The van der Waals surface area contributed by atoms with Gasteiger partial charge in [0.2, 0.25) is 5.91 Å². The molecule has 0 fully saturated rings. The number of hydrogen-bond donors (Lipinski definition) is 1. The lowest BCUT2D eigenvalue weighted by Crippen LogP contribution is -2.08. The second-order valence-electron chi connectivity index (χ2n) is 8.08. The molecule has 0 spiro atoms. The topological polar surface area (TPSA) is 77.6 Å². The number of carbonyl (C=O) groups is 1. The molecule has 172 valence electrons. The lowest BCUT2D eigenvalue weighted by molar-refractivity contribution is -0.111. The molecule has 0 bridgehead atoms. The maximum atomic E-state index is 12.6. The third-order valence-corrected chi connectivity index (χ3v) is 5.61. The van der Waals surface area contributed by atoms with Gasteiger partial charge in [-0.15, -0.1) is 0 Å². The molecule has 0 saturated carbocycles. The molecule has 5 rings (SSSR count). The van der Waals surface area contributed by atoms with Crippen molar-refractivity contribution in [2.45, 2.75) is 13.5 Å². The Morgan fingerprint density at radius 2 is 1.83 bits per heavy atom. The molecule has 35 heavy (non-hydrogen) atoms. The number of anilines is 1. The summed E-state index contributed by atoms with van der Waals surface area (Å²) in [5.41, 5.74) is 5.26. The minimum Gasteiger partial charge on any atom is -0.331 e. The number of para-hydroxylation sites is 1. The average molecular weight is 461 g/mol. The molecular weight excluding hydrogens is 436 g/mol. The minimum atomic E-state index is -0.215. The summed E-state index contributed by atoms with van der Waals surface area (Å²) in [6.45, 7) is 2.71. The van der Waals surface area contributed by atoms with E-state index in [1.165, 1.54) is 6.08 Å². The van der Waals surface area contributed by atoms with Crippen molar-refractivity contribution in [1.82, 2.24) is 24.3 Å². The average Bonchev–Trinajstić information content (AvgIpc) is 3.51. The number of hydrogen-bond acceptors (Lipinski definition) is 4. The summed E-state index contributed by atoms with van der Waals surface area (Å²) in [6.07, 6.45) is 12.4. The molecule has 3 heterocycles. The number of amides is 1. The zero-order valence-electron chi connectivity index (χ0n) is 19.2. The van der Waals surface area contributed by atoms with Crippen LogP contribution >= 0.6 is 0 Å². The van der Waals surface area contributed by atoms with Crippen molar-refractivity contribution >= 4 is 17.7 Å². The van der Waals surface area contributed by atoms with Crippen molar-refractivity contribution in [2.24, 2.45) is 0 Å². The summed E-state index contributed by atoms with van der Waals surface area (Å²) < 4.78 is 3.88. The third kappa shape index (κ3) is 5.25. The molecule has 7 nitrogen and oxygen atoms in total. The number of benzene rings is 2. The first-order chi connectivity index (χ1) is 17.2. The van der Waals surface area contributed by atoms with Crippen LogP contribution in [0, 0.1) is 6.92 Å². The molecule has 5 aromatic rings. The van der Waals surface area contributed by atoms with Gasteiger partial charge >= 0.3 is 0 Å². The predicted octanol–water partition coefficient (Wildman–Crippen LogP) is 5.14. The van der Waals surface area contributed by atoms with Crippen LogP contribution in [0.5, 0.6) is 0 Å². The monoisotopic (exact) mass is 460 g/mol. The van der Waals surface area contributed by atoms with Crippen molar-refractivity contribution in [3.63, 3.8) is 0 Å². The van der Waals surface area contributed by atoms with Crippen LogP contribution in [0.1, 0.15) is 17.0 Å². The van der Waals surface area contributed by atoms with E-state index < -0.39 is 0 Å². The van der Waals surface area contributed by atoms with Crippen LogP contribution in [0.25, 0.3) is 23.0 Å². The smallest absolute Gasteiger partial charge is 0.248 e. The largest absolute Gasteiger partial charge is 0.331 e. The second kappa shape index (κ2) is 10.0. The SMILES string of the molecule is Cc1nccn1Cc1ccc(NC(=O)/C=C/c2cn(-c3ccccc3)nc2-c2cccnc2)cc1. The molecular formula is C28H24N6O. The van der Waals surface area contributed by atoms with Crippen molar-refractivity contribution in [2.75, 3.05) is 5.32 Å². The van der Waals surface area contributed by atoms with Gasteiger partial charge in [-0.2, -0.15) is 5.10 Å². The molecule has 1 N–H and O–H groups in total. The Hall–Kier alpha value is -4.78. The van der Waals surface area contributed by atoms with Crippen LogP contribution < -0.4 is 5.32 Å². The first kappa shape index (κ1) is 22.0. The highest BCUT2D eigenvalue weighted by atomic mass is 16.1. The van der Waals surface area contributed by atoms with E-state index in [1.807, 2.05) is 86.0 Å². The maximum absolute atomic E-state index is 12.6. The van der Waals surface area contributed by atoms with Crippen LogP contribution in [0.15, 0.2) is 104 Å². The van der Waals surface area contributed by atoms with Crippen molar-refractivity contribution in [3.8, 4) is 16.9 Å². The first-order valence-corrected chi connectivity index (χ1v) is 11.3. The quantitative estimate of drug-likeness (QED) is 0.341. The van der Waals surface area contributed by atoms with E-state index in [0.717, 1.165) is 46.1 Å². The highest BCUT2D eigenvalue weighted by molar-refractivity contribution is 6.02. The summed E-state index contributed by atoms with van der Waals surface area (Å²) in [5, 5.41) is 7.67. The summed E-state index contributed by atoms with van der Waals surface area (Å²) >= 11 is 0. The Morgan fingerprint density at radius 1 is 1.00 bits per heavy atom. The number of pyridine rings is 1. The highest BCUT2D eigenvalue weighted by Gasteiger charge is 2.11. The summed E-state index contributed by atoms with van der Waals surface area (Å²) in [5.74, 6) is 0.751. The Bertz CT molecular complexity index is 1450. The number of rotatable bonds is 7. The van der Waals surface area contributed by atoms with E-state index in [4.69, 9.17) is 5.10 Å². The summed E-state index contributed by atoms with van der Waals surface area (Å²) in [7, 11) is 0. The van der Waals surface area contributed by atoms with Gasteiger partial charge in [-0.3, -0.25) is 9.78 Å². The van der Waals surface area contributed by atoms with Gasteiger partial charge in [0, 0.05) is 60.4 Å². The van der Waals surface area contributed by atoms with E-state index in [9.17, 15) is 4.79 Å². The molecule has 1 amide bonds. The zero-order chi connectivity index (χ0) is 24.0. The Balaban J connectivity index is 1.32. The fourth-order valence-corrected chi connectivity index (χ4v) is 3.76. The maximum Gasteiger partial charge on any atom is 0.248 e. The Labute approximate surface area is 203 Å². The molecule has 0 aliphatic carbocycles. The number of aryl methyl sites for hydroxylation is 1. The van der Waals surface area contributed by atoms with Gasteiger partial charge in [0.15, 0.2) is 0 Å². The normalized spacial score (nSPS) is 11.1. The number of nitrogens with zero attached hydrogens (tertiary/aromatic N) is 5. The highest BCUT2D eigenvalue weighted by Crippen LogP contribution is 2.24. The van der Waals surface area contributed by atoms with E-state index in [-0.39, 0.29) is 5.91 Å².